The van der Waals surface area contributed by atoms with E-state index in [-0.39, 0.29) is 24.0 Å². The maximum Gasteiger partial charge on any atom is 0.410 e. The van der Waals surface area contributed by atoms with Gasteiger partial charge in [-0.05, 0) is 30.7 Å². The van der Waals surface area contributed by atoms with E-state index in [9.17, 15) is 13.6 Å². The third-order valence-electron chi connectivity index (χ3n) is 4.82. The van der Waals surface area contributed by atoms with E-state index in [2.05, 4.69) is 5.32 Å². The second kappa shape index (κ2) is 9.54. The van der Waals surface area contributed by atoms with Gasteiger partial charge in [0.1, 0.15) is 19.0 Å². The van der Waals surface area contributed by atoms with Gasteiger partial charge in [-0.3, -0.25) is 0 Å². The minimum Gasteiger partial charge on any atom is -0.489 e. The van der Waals surface area contributed by atoms with Gasteiger partial charge in [-0.25, -0.2) is 13.6 Å². The fourth-order valence-electron chi connectivity index (χ4n) is 3.18. The van der Waals surface area contributed by atoms with Gasteiger partial charge < -0.3 is 24.3 Å². The topological polar surface area (TPSA) is 55.7 Å². The van der Waals surface area contributed by atoms with Crippen LogP contribution in [0.5, 0.6) is 5.75 Å². The number of nitrogens with one attached hydrogen (secondary N) is 1. The monoisotopic (exact) mass is 393 g/mol. The summed E-state index contributed by atoms with van der Waals surface area (Å²) in [6.07, 6.45) is 3.95. The van der Waals surface area contributed by atoms with Gasteiger partial charge in [0, 0.05) is 38.1 Å². The van der Waals surface area contributed by atoms with E-state index in [1.807, 2.05) is 36.0 Å². The van der Waals surface area contributed by atoms with Crippen LogP contribution in [-0.2, 0) is 17.9 Å². The quantitative estimate of drug-likeness (QED) is 0.785. The van der Waals surface area contributed by atoms with Crippen LogP contribution in [0.1, 0.15) is 18.9 Å². The molecule has 1 aromatic heterocycles. The van der Waals surface area contributed by atoms with E-state index >= 15 is 0 Å². The number of amides is 1. The number of piperazine rings is 1. The third-order valence-corrected chi connectivity index (χ3v) is 4.82. The Bertz CT molecular complexity index is 783. The van der Waals surface area contributed by atoms with Crippen LogP contribution in [-0.4, -0.2) is 47.8 Å². The predicted octanol–water partition coefficient (Wildman–Crippen LogP) is 3.17. The lowest BCUT2D eigenvalue weighted by molar-refractivity contribution is 0.0697. The van der Waals surface area contributed by atoms with Crippen molar-refractivity contribution < 1.29 is 23.0 Å². The molecule has 0 aliphatic carbocycles. The number of aromatic nitrogens is 1. The fraction of sp³-hybridized carbons (Fsp3) is 0.450. The number of hydrogen-bond acceptors (Lipinski definition) is 4. The summed E-state index contributed by atoms with van der Waals surface area (Å²) in [6.45, 7) is 4.12. The molecule has 28 heavy (non-hydrogen) atoms. The van der Waals surface area contributed by atoms with E-state index in [1.165, 1.54) is 6.07 Å². The van der Waals surface area contributed by atoms with Gasteiger partial charge in [0.25, 0.3) is 0 Å². The third kappa shape index (κ3) is 4.81. The molecule has 6 nitrogen and oxygen atoms in total. The maximum absolute atomic E-state index is 14.6. The Balaban J connectivity index is 1.60. The summed E-state index contributed by atoms with van der Waals surface area (Å²) in [5.74, 6) is -1.67. The SMILES string of the molecule is CC[C@@H]1CNCCN1C(=O)OCc1c(F)ccc(OCCn2cccc2)c1F. The molecule has 0 bridgehead atoms. The molecule has 3 rings (SSSR count). The summed E-state index contributed by atoms with van der Waals surface area (Å²) in [5.41, 5.74) is -0.310. The van der Waals surface area contributed by atoms with Crippen molar-refractivity contribution in [1.82, 2.24) is 14.8 Å². The van der Waals surface area contributed by atoms with Crippen LogP contribution in [0.15, 0.2) is 36.7 Å². The minimum atomic E-state index is -0.840. The Morgan fingerprint density at radius 3 is 2.82 bits per heavy atom. The number of hydrogen-bond donors (Lipinski definition) is 1. The molecule has 1 atom stereocenters. The maximum atomic E-state index is 14.6. The van der Waals surface area contributed by atoms with E-state index in [1.54, 1.807) is 4.90 Å². The first-order valence-corrected chi connectivity index (χ1v) is 9.44. The van der Waals surface area contributed by atoms with Crippen LogP contribution in [0.25, 0.3) is 0 Å². The van der Waals surface area contributed by atoms with Crippen molar-refractivity contribution in [2.45, 2.75) is 32.5 Å². The molecule has 1 aromatic carbocycles. The van der Waals surface area contributed by atoms with Crippen molar-refractivity contribution in [2.24, 2.45) is 0 Å². The highest BCUT2D eigenvalue weighted by Crippen LogP contribution is 2.24. The Hall–Kier alpha value is -2.61. The molecule has 0 unspecified atom stereocenters. The fourth-order valence-corrected chi connectivity index (χ4v) is 3.18. The molecule has 1 aliphatic rings. The van der Waals surface area contributed by atoms with E-state index in [0.717, 1.165) is 12.5 Å². The number of benzene rings is 1. The van der Waals surface area contributed by atoms with Crippen molar-refractivity contribution in [2.75, 3.05) is 26.2 Å². The number of rotatable bonds is 7. The molecule has 1 N–H and O–H groups in total. The normalized spacial score (nSPS) is 16.8. The highest BCUT2D eigenvalue weighted by atomic mass is 19.1. The van der Waals surface area contributed by atoms with Crippen LogP contribution in [0.4, 0.5) is 13.6 Å². The number of carbonyl (C=O) groups is 1. The zero-order chi connectivity index (χ0) is 19.9. The summed E-state index contributed by atoms with van der Waals surface area (Å²) < 4.78 is 41.3. The summed E-state index contributed by atoms with van der Waals surface area (Å²) in [7, 11) is 0. The van der Waals surface area contributed by atoms with Crippen LogP contribution >= 0.6 is 0 Å². The minimum absolute atomic E-state index is 0.0132. The molecule has 0 saturated carbocycles. The van der Waals surface area contributed by atoms with Crippen LogP contribution in [0.3, 0.4) is 0 Å². The van der Waals surface area contributed by atoms with Crippen molar-refractivity contribution in [3.63, 3.8) is 0 Å². The molecule has 8 heteroatoms. The Morgan fingerprint density at radius 1 is 1.29 bits per heavy atom. The number of carbonyl (C=O) groups excluding carboxylic acids is 1. The lowest BCUT2D eigenvalue weighted by Gasteiger charge is -2.34. The Morgan fingerprint density at radius 2 is 2.07 bits per heavy atom. The molecule has 1 fully saturated rings. The van der Waals surface area contributed by atoms with E-state index < -0.39 is 24.3 Å². The molecule has 152 valence electrons. The van der Waals surface area contributed by atoms with Crippen molar-refractivity contribution in [3.05, 3.63) is 53.9 Å². The van der Waals surface area contributed by atoms with Gasteiger partial charge in [-0.1, -0.05) is 6.92 Å². The highest BCUT2D eigenvalue weighted by molar-refractivity contribution is 5.68. The molecule has 2 heterocycles. The van der Waals surface area contributed by atoms with Gasteiger partial charge in [0.2, 0.25) is 0 Å². The first kappa shape index (κ1) is 20.1. The first-order valence-electron chi connectivity index (χ1n) is 9.44. The molecule has 0 radical (unpaired) electrons. The summed E-state index contributed by atoms with van der Waals surface area (Å²) in [4.78, 5) is 13.9. The zero-order valence-electron chi connectivity index (χ0n) is 15.9. The summed E-state index contributed by atoms with van der Waals surface area (Å²) in [5, 5.41) is 3.21. The average Bonchev–Trinajstić information content (AvgIpc) is 3.23. The molecule has 2 aromatic rings. The number of ether oxygens (including phenoxy) is 2. The second-order valence-electron chi connectivity index (χ2n) is 6.62. The second-order valence-corrected chi connectivity index (χ2v) is 6.62. The summed E-state index contributed by atoms with van der Waals surface area (Å²) >= 11 is 0. The molecule has 1 saturated heterocycles. The lowest BCUT2D eigenvalue weighted by Crippen LogP contribution is -2.53. The van der Waals surface area contributed by atoms with E-state index in [0.29, 0.717) is 26.2 Å². The molecular weight excluding hydrogens is 368 g/mol. The highest BCUT2D eigenvalue weighted by Gasteiger charge is 2.27. The number of nitrogens with zero attached hydrogens (tertiary/aromatic N) is 2. The smallest absolute Gasteiger partial charge is 0.410 e. The zero-order valence-corrected chi connectivity index (χ0v) is 15.9. The van der Waals surface area contributed by atoms with Gasteiger partial charge >= 0.3 is 6.09 Å². The number of halogens is 2. The van der Waals surface area contributed by atoms with Crippen molar-refractivity contribution >= 4 is 6.09 Å². The average molecular weight is 393 g/mol. The van der Waals surface area contributed by atoms with Gasteiger partial charge in [0.05, 0.1) is 12.1 Å². The van der Waals surface area contributed by atoms with Gasteiger partial charge in [-0.2, -0.15) is 0 Å². The van der Waals surface area contributed by atoms with Gasteiger partial charge in [0.15, 0.2) is 11.6 Å². The van der Waals surface area contributed by atoms with Crippen LogP contribution in [0, 0.1) is 11.6 Å². The Labute approximate surface area is 163 Å². The van der Waals surface area contributed by atoms with Crippen LogP contribution in [0.2, 0.25) is 0 Å². The summed E-state index contributed by atoms with van der Waals surface area (Å²) in [6, 6.07) is 6.14. The standard InChI is InChI=1S/C20H25F2N3O3/c1-2-15-13-23-7-10-25(15)20(26)28-14-16-17(21)5-6-18(19(16)22)27-12-11-24-8-3-4-9-24/h3-6,8-9,15,23H,2,7,10-14H2,1H3/t15-/m1/s1. The molecule has 1 aliphatic heterocycles. The largest absolute Gasteiger partial charge is 0.489 e. The van der Waals surface area contributed by atoms with Crippen molar-refractivity contribution in [3.8, 4) is 5.75 Å². The van der Waals surface area contributed by atoms with Crippen molar-refractivity contribution in [1.29, 1.82) is 0 Å². The first-order chi connectivity index (χ1) is 13.6. The molecule has 1 amide bonds. The van der Waals surface area contributed by atoms with E-state index in [4.69, 9.17) is 9.47 Å². The Kier molecular flexibility index (Phi) is 6.86. The predicted molar refractivity (Wildman–Crippen MR) is 100 cm³/mol. The molecule has 0 spiro atoms. The molecular formula is C20H25F2N3O3. The van der Waals surface area contributed by atoms with Gasteiger partial charge in [-0.15, -0.1) is 0 Å². The lowest BCUT2D eigenvalue weighted by atomic mass is 10.1. The van der Waals surface area contributed by atoms with Crippen LogP contribution < -0.4 is 10.1 Å².